The predicted octanol–water partition coefficient (Wildman–Crippen LogP) is 7.55. The van der Waals surface area contributed by atoms with Gasteiger partial charge >= 0.3 is 0 Å². The van der Waals surface area contributed by atoms with E-state index in [1.165, 1.54) is 0 Å². The molecule has 0 unspecified atom stereocenters. The second kappa shape index (κ2) is 7.98. The SMILES string of the molecule is Clc1cc(N(c2ccccc2)c2ccccc2)ccc1Nc1ccccc1. The molecule has 2 nitrogen and oxygen atoms in total. The van der Waals surface area contributed by atoms with Crippen LogP contribution in [0.25, 0.3) is 0 Å². The minimum Gasteiger partial charge on any atom is -0.354 e. The second-order valence-electron chi connectivity index (χ2n) is 6.16. The highest BCUT2D eigenvalue weighted by Gasteiger charge is 2.13. The molecule has 0 bridgehead atoms. The zero-order chi connectivity index (χ0) is 18.5. The van der Waals surface area contributed by atoms with E-state index >= 15 is 0 Å². The zero-order valence-corrected chi connectivity index (χ0v) is 15.5. The number of nitrogens with zero attached hydrogens (tertiary/aromatic N) is 1. The fourth-order valence-corrected chi connectivity index (χ4v) is 3.24. The molecule has 0 amide bonds. The quantitative estimate of drug-likeness (QED) is 0.390. The number of rotatable bonds is 5. The van der Waals surface area contributed by atoms with Crippen LogP contribution in [0.2, 0.25) is 5.02 Å². The summed E-state index contributed by atoms with van der Waals surface area (Å²) in [6.07, 6.45) is 0. The van der Waals surface area contributed by atoms with E-state index in [4.69, 9.17) is 11.6 Å². The van der Waals surface area contributed by atoms with E-state index in [-0.39, 0.29) is 0 Å². The molecule has 0 atom stereocenters. The summed E-state index contributed by atoms with van der Waals surface area (Å²) in [6.45, 7) is 0. The number of hydrogen-bond acceptors (Lipinski definition) is 2. The van der Waals surface area contributed by atoms with Crippen LogP contribution >= 0.6 is 11.6 Å². The number of hydrogen-bond donors (Lipinski definition) is 1. The van der Waals surface area contributed by atoms with Gasteiger partial charge in [0.25, 0.3) is 0 Å². The van der Waals surface area contributed by atoms with Crippen molar-refractivity contribution in [2.24, 2.45) is 0 Å². The van der Waals surface area contributed by atoms with E-state index in [1.54, 1.807) is 0 Å². The summed E-state index contributed by atoms with van der Waals surface area (Å²) in [5.74, 6) is 0. The molecule has 0 aliphatic heterocycles. The number of nitrogens with one attached hydrogen (secondary N) is 1. The first-order chi connectivity index (χ1) is 13.3. The van der Waals surface area contributed by atoms with Crippen LogP contribution in [0.5, 0.6) is 0 Å². The summed E-state index contributed by atoms with van der Waals surface area (Å²) < 4.78 is 0. The molecule has 0 saturated heterocycles. The molecule has 3 heteroatoms. The maximum atomic E-state index is 6.61. The number of anilines is 5. The largest absolute Gasteiger partial charge is 0.354 e. The molecule has 0 aliphatic carbocycles. The minimum absolute atomic E-state index is 0.674. The van der Waals surface area contributed by atoms with Crippen LogP contribution in [-0.4, -0.2) is 0 Å². The van der Waals surface area contributed by atoms with Gasteiger partial charge in [-0.25, -0.2) is 0 Å². The van der Waals surface area contributed by atoms with E-state index in [2.05, 4.69) is 40.5 Å². The summed E-state index contributed by atoms with van der Waals surface area (Å²) in [5.41, 5.74) is 5.07. The van der Waals surface area contributed by atoms with Crippen LogP contribution < -0.4 is 10.2 Å². The Morgan fingerprint density at radius 2 is 1.07 bits per heavy atom. The minimum atomic E-state index is 0.674. The fourth-order valence-electron chi connectivity index (χ4n) is 3.02. The highest BCUT2D eigenvalue weighted by Crippen LogP contribution is 2.37. The first-order valence-electron chi connectivity index (χ1n) is 8.83. The van der Waals surface area contributed by atoms with Crippen LogP contribution in [0.4, 0.5) is 28.4 Å². The lowest BCUT2D eigenvalue weighted by Gasteiger charge is -2.26. The molecule has 0 aromatic heterocycles. The number of halogens is 1. The van der Waals surface area contributed by atoms with Crippen molar-refractivity contribution in [3.05, 3.63) is 114 Å². The summed E-state index contributed by atoms with van der Waals surface area (Å²) in [7, 11) is 0. The third-order valence-corrected chi connectivity index (χ3v) is 4.61. The Kier molecular flexibility index (Phi) is 5.08. The zero-order valence-electron chi connectivity index (χ0n) is 14.7. The summed E-state index contributed by atoms with van der Waals surface area (Å²) >= 11 is 6.61. The first-order valence-corrected chi connectivity index (χ1v) is 9.21. The fraction of sp³-hybridized carbons (Fsp3) is 0. The third-order valence-electron chi connectivity index (χ3n) is 4.29. The number of benzene rings is 4. The highest BCUT2D eigenvalue weighted by molar-refractivity contribution is 6.33. The maximum Gasteiger partial charge on any atom is 0.0661 e. The van der Waals surface area contributed by atoms with E-state index < -0.39 is 0 Å². The van der Waals surface area contributed by atoms with Gasteiger partial charge in [0.05, 0.1) is 10.7 Å². The van der Waals surface area contributed by atoms with Gasteiger partial charge < -0.3 is 10.2 Å². The Labute approximate surface area is 164 Å². The monoisotopic (exact) mass is 370 g/mol. The molecule has 4 aromatic carbocycles. The molecule has 132 valence electrons. The number of para-hydroxylation sites is 3. The Bertz CT molecular complexity index is 963. The van der Waals surface area contributed by atoms with Crippen molar-refractivity contribution in [3.8, 4) is 0 Å². The molecule has 0 spiro atoms. The van der Waals surface area contributed by atoms with E-state index in [9.17, 15) is 0 Å². The topological polar surface area (TPSA) is 15.3 Å². The van der Waals surface area contributed by atoms with Crippen molar-refractivity contribution >= 4 is 40.0 Å². The molecule has 0 fully saturated rings. The van der Waals surface area contributed by atoms with Gasteiger partial charge in [-0.2, -0.15) is 0 Å². The average Bonchev–Trinajstić information content (AvgIpc) is 2.73. The Morgan fingerprint density at radius 3 is 1.59 bits per heavy atom. The normalized spacial score (nSPS) is 10.4. The lowest BCUT2D eigenvalue weighted by atomic mass is 10.2. The molecule has 0 saturated carbocycles. The van der Waals surface area contributed by atoms with Gasteiger partial charge in [-0.3, -0.25) is 0 Å². The molecule has 0 radical (unpaired) electrons. The Balaban J connectivity index is 1.72. The van der Waals surface area contributed by atoms with Gasteiger partial charge in [-0.15, -0.1) is 0 Å². The Morgan fingerprint density at radius 1 is 0.556 bits per heavy atom. The van der Waals surface area contributed by atoms with Gasteiger partial charge in [0.1, 0.15) is 0 Å². The van der Waals surface area contributed by atoms with E-state index in [0.717, 1.165) is 28.4 Å². The van der Waals surface area contributed by atoms with E-state index in [0.29, 0.717) is 5.02 Å². The van der Waals surface area contributed by atoms with Crippen molar-refractivity contribution in [2.45, 2.75) is 0 Å². The predicted molar refractivity (Wildman–Crippen MR) is 116 cm³/mol. The van der Waals surface area contributed by atoms with Crippen molar-refractivity contribution in [3.63, 3.8) is 0 Å². The van der Waals surface area contributed by atoms with Crippen molar-refractivity contribution in [2.75, 3.05) is 10.2 Å². The Hall–Kier alpha value is -3.23. The summed E-state index contributed by atoms with van der Waals surface area (Å²) in [6, 6.07) is 36.7. The maximum absolute atomic E-state index is 6.61. The van der Waals surface area contributed by atoms with E-state index in [1.807, 2.05) is 78.9 Å². The second-order valence-corrected chi connectivity index (χ2v) is 6.57. The standard InChI is InChI=1S/C24H19ClN2/c25-23-18-22(16-17-24(23)26-19-10-4-1-5-11-19)27(20-12-6-2-7-13-20)21-14-8-3-9-15-21/h1-18,26H. The average molecular weight is 371 g/mol. The van der Waals surface area contributed by atoms with Gasteiger partial charge in [0.15, 0.2) is 0 Å². The molecular formula is C24H19ClN2. The lowest BCUT2D eigenvalue weighted by molar-refractivity contribution is 1.28. The van der Waals surface area contributed by atoms with Crippen molar-refractivity contribution in [1.29, 1.82) is 0 Å². The molecule has 4 aromatic rings. The van der Waals surface area contributed by atoms with Gasteiger partial charge in [-0.1, -0.05) is 66.2 Å². The van der Waals surface area contributed by atoms with Crippen molar-refractivity contribution < 1.29 is 0 Å². The van der Waals surface area contributed by atoms with Gasteiger partial charge in [-0.05, 0) is 54.6 Å². The smallest absolute Gasteiger partial charge is 0.0661 e. The van der Waals surface area contributed by atoms with Crippen LogP contribution in [0.15, 0.2) is 109 Å². The van der Waals surface area contributed by atoms with Crippen LogP contribution in [0.3, 0.4) is 0 Å². The molecule has 0 aliphatic rings. The third kappa shape index (κ3) is 3.97. The molecule has 0 heterocycles. The molecular weight excluding hydrogens is 352 g/mol. The molecule has 1 N–H and O–H groups in total. The van der Waals surface area contributed by atoms with Gasteiger partial charge in [0.2, 0.25) is 0 Å². The van der Waals surface area contributed by atoms with Crippen LogP contribution in [0.1, 0.15) is 0 Å². The van der Waals surface area contributed by atoms with Crippen molar-refractivity contribution in [1.82, 2.24) is 0 Å². The van der Waals surface area contributed by atoms with Crippen LogP contribution in [0, 0.1) is 0 Å². The lowest BCUT2D eigenvalue weighted by Crippen LogP contribution is -2.09. The van der Waals surface area contributed by atoms with Crippen LogP contribution in [-0.2, 0) is 0 Å². The van der Waals surface area contributed by atoms with Gasteiger partial charge in [0, 0.05) is 22.7 Å². The highest BCUT2D eigenvalue weighted by atomic mass is 35.5. The molecule has 27 heavy (non-hydrogen) atoms. The summed E-state index contributed by atoms with van der Waals surface area (Å²) in [5, 5.41) is 4.04. The first kappa shape index (κ1) is 17.2. The molecule has 4 rings (SSSR count). The summed E-state index contributed by atoms with van der Waals surface area (Å²) in [4.78, 5) is 2.19.